The first-order valence-corrected chi connectivity index (χ1v) is 32.4. The van der Waals surface area contributed by atoms with E-state index in [1.807, 2.05) is 32.9 Å². The molecule has 0 saturated carbocycles. The highest BCUT2D eigenvalue weighted by molar-refractivity contribution is 6.24. The monoisotopic (exact) mass is 1230 g/mol. The summed E-state index contributed by atoms with van der Waals surface area (Å²) >= 11 is 0. The van der Waals surface area contributed by atoms with Gasteiger partial charge in [-0.2, -0.15) is 0 Å². The van der Waals surface area contributed by atoms with Crippen LogP contribution in [-0.2, 0) is 46.2 Å². The lowest BCUT2D eigenvalue weighted by molar-refractivity contribution is -0.148. The summed E-state index contributed by atoms with van der Waals surface area (Å²) in [4.78, 5) is 103. The smallest absolute Gasteiger partial charge is 0.340 e. The Labute approximate surface area is 532 Å². The van der Waals surface area contributed by atoms with Crippen LogP contribution in [0.1, 0.15) is 187 Å². The summed E-state index contributed by atoms with van der Waals surface area (Å²) in [6.45, 7) is 23.3. The number of fused-ring (bicyclic) bond motifs is 13. The number of allylic oxidation sites excluding steroid dienone is 10. The van der Waals surface area contributed by atoms with Crippen molar-refractivity contribution < 1.29 is 38.2 Å². The maximum absolute atomic E-state index is 15.2. The van der Waals surface area contributed by atoms with Crippen LogP contribution in [0, 0.1) is 31.6 Å². The SMILES string of the molecule is CCCCCCN1C(=O)/C2=C3N=C(/C=C4N=C(/C=c5\[nH]/c(c(CC)c5C/C=C/c5c(C)c6cc7nc(cc8[nH]c(cc9nc(cc5[nH]6)C(C)=C9CC)c(C)c8C(=O)OC)C(CCC(=O)OC)=C7C)=C\C5=C(C)C(C1=O)C2N5)C(CC)=C\4C)[C@@H](C)[C@@H]/3CCC(=O)OC. The first-order chi connectivity index (χ1) is 43.8. The molecule has 2 unspecified atom stereocenters. The Morgan fingerprint density at radius 2 is 1.31 bits per heavy atom. The fraction of sp³-hybridized carbons (Fsp3) is 0.419. The number of aliphatic imine (C=N–C) groups is 2. The van der Waals surface area contributed by atoms with Crippen molar-refractivity contribution in [1.82, 2.24) is 35.1 Å². The van der Waals surface area contributed by atoms with E-state index in [4.69, 9.17) is 34.2 Å². The molecule has 474 valence electrons. The predicted octanol–water partition coefficient (Wildman–Crippen LogP) is 12.5. The minimum Gasteiger partial charge on any atom is -0.469 e. The number of nitrogens with one attached hydrogen (secondary N) is 4. The van der Waals surface area contributed by atoms with E-state index < -0.39 is 17.9 Å². The number of hydrogen-bond acceptors (Lipinski definition) is 13. The normalized spacial score (nSPS) is 21.7. The van der Waals surface area contributed by atoms with Crippen molar-refractivity contribution >= 4 is 104 Å². The topological polar surface area (TPSA) is 226 Å². The molecule has 0 spiro atoms. The first-order valence-electron chi connectivity index (χ1n) is 32.4. The third-order valence-corrected chi connectivity index (χ3v) is 19.9. The van der Waals surface area contributed by atoms with Gasteiger partial charge in [-0.3, -0.25) is 29.1 Å². The minimum atomic E-state index is -0.674. The zero-order valence-corrected chi connectivity index (χ0v) is 55.2. The summed E-state index contributed by atoms with van der Waals surface area (Å²) in [5.74, 6) is -2.81. The van der Waals surface area contributed by atoms with Crippen molar-refractivity contribution in [3.63, 3.8) is 0 Å². The largest absolute Gasteiger partial charge is 0.469 e. The molecule has 17 nitrogen and oxygen atoms in total. The number of ether oxygens (including phenoxy) is 3. The molecule has 4 aromatic rings. The number of imide groups is 1. The molecular formula is C74H85N9O8. The van der Waals surface area contributed by atoms with E-state index in [0.717, 1.165) is 160 Å². The maximum atomic E-state index is 15.2. The molecule has 11 rings (SSSR count). The van der Waals surface area contributed by atoms with Crippen molar-refractivity contribution in [2.24, 2.45) is 27.7 Å². The number of esters is 3. The van der Waals surface area contributed by atoms with Crippen LogP contribution in [0.25, 0.3) is 62.6 Å². The standard InChI is InChI=1S/C74H85N9O8/c1-15-19-20-21-29-83-72(86)68-43(11)57-34-60-46(18-4)50(63(80-60)35-59-45(17-3)37(5)51(75-59)31-55-41(9)49(26-28-66(85)90-13)70(81-55)69(73(83)87)71(68)82-57)24-22-23-47-39(7)52-30-53-40(8)48(25-27-65(84)89-12)62(78-53)36-64-67(74(88)91-14)42(10)56(79-64)33-58-44(16-2)38(6)54(76-58)32-61(47)77-52/h22-23,30-36,41,49,68,71,77,79-80,82H,15-21,24-29H2,1-14H3/b23-22+,51-31-,52-30?,53-30?,54-32?,56-33?,58-33?,60-34-,61-32?,62-36?,63-35-,64-36?,70-69+/t41-,49-,68?,71?/m0/s1. The molecule has 4 aromatic heterocycles. The highest BCUT2D eigenvalue weighted by atomic mass is 16.5. The number of piperidine rings is 1. The number of aromatic amines is 3. The van der Waals surface area contributed by atoms with Crippen LogP contribution in [-0.4, -0.2) is 105 Å². The van der Waals surface area contributed by atoms with Crippen molar-refractivity contribution in [2.75, 3.05) is 27.9 Å². The molecule has 1 saturated heterocycles. The molecule has 17 heteroatoms. The number of rotatable bonds is 18. The molecular weight excluding hydrogens is 1140 g/mol. The minimum absolute atomic E-state index is 0.144. The molecule has 2 amide bonds. The number of aromatic nitrogens is 5. The van der Waals surface area contributed by atoms with E-state index in [-0.39, 0.29) is 48.4 Å². The summed E-state index contributed by atoms with van der Waals surface area (Å²) in [7, 11) is 4.16. The fourth-order valence-corrected chi connectivity index (χ4v) is 14.5. The average molecular weight is 1230 g/mol. The predicted molar refractivity (Wildman–Crippen MR) is 360 cm³/mol. The highest BCUT2D eigenvalue weighted by Crippen LogP contribution is 2.45. The molecule has 7 aliphatic rings. The average Bonchev–Trinajstić information content (AvgIpc) is 1.63. The number of amides is 2. The zero-order chi connectivity index (χ0) is 64.9. The summed E-state index contributed by atoms with van der Waals surface area (Å²) in [5, 5.41) is 5.57. The van der Waals surface area contributed by atoms with E-state index in [9.17, 15) is 19.2 Å². The number of nitrogens with zero attached hydrogens (tertiary/aromatic N) is 5. The molecule has 4 atom stereocenters. The number of carbonyl (C=O) groups excluding carboxylic acids is 5. The lowest BCUT2D eigenvalue weighted by atomic mass is 9.79. The van der Waals surface area contributed by atoms with Crippen LogP contribution in [0.5, 0.6) is 0 Å². The molecule has 0 radical (unpaired) electrons. The summed E-state index contributed by atoms with van der Waals surface area (Å²) in [6, 6.07) is 7.39. The summed E-state index contributed by atoms with van der Waals surface area (Å²) in [6.07, 6.45) is 18.2. The zero-order valence-electron chi connectivity index (χ0n) is 55.2. The van der Waals surface area contributed by atoms with Crippen LogP contribution in [0.15, 0.2) is 85.8 Å². The van der Waals surface area contributed by atoms with E-state index in [0.29, 0.717) is 72.4 Å². The first kappa shape index (κ1) is 63.6. The van der Waals surface area contributed by atoms with Crippen molar-refractivity contribution in [1.29, 1.82) is 0 Å². The summed E-state index contributed by atoms with van der Waals surface area (Å²) in [5.41, 5.74) is 22.5. The molecule has 11 heterocycles. The number of unbranched alkanes of at least 4 members (excludes halogenated alkanes) is 3. The van der Waals surface area contributed by atoms with E-state index in [1.54, 1.807) is 0 Å². The summed E-state index contributed by atoms with van der Waals surface area (Å²) < 4.78 is 15.6. The Kier molecular flexibility index (Phi) is 18.2. The number of aryl methyl sites for hydroxylation is 2. The highest BCUT2D eigenvalue weighted by Gasteiger charge is 2.52. The van der Waals surface area contributed by atoms with Crippen LogP contribution in [0.3, 0.4) is 0 Å². The van der Waals surface area contributed by atoms with Gasteiger partial charge >= 0.3 is 17.9 Å². The molecule has 16 bridgehead atoms. The van der Waals surface area contributed by atoms with Gasteiger partial charge in [0.2, 0.25) is 5.91 Å². The van der Waals surface area contributed by atoms with Crippen LogP contribution in [0.4, 0.5) is 0 Å². The van der Waals surface area contributed by atoms with Crippen LogP contribution < -0.4 is 16.0 Å². The van der Waals surface area contributed by atoms with Gasteiger partial charge in [0.05, 0.1) is 89.8 Å². The van der Waals surface area contributed by atoms with E-state index >= 15 is 4.79 Å². The Morgan fingerprint density at radius 1 is 0.659 bits per heavy atom. The third-order valence-electron chi connectivity index (χ3n) is 19.9. The van der Waals surface area contributed by atoms with Gasteiger partial charge in [0.25, 0.3) is 5.91 Å². The second-order valence-electron chi connectivity index (χ2n) is 25.0. The van der Waals surface area contributed by atoms with Crippen LogP contribution in [0.2, 0.25) is 0 Å². The fourth-order valence-electron chi connectivity index (χ4n) is 14.5. The molecule has 0 aliphatic carbocycles. The van der Waals surface area contributed by atoms with E-state index in [2.05, 4.69) is 118 Å². The number of methoxy groups -OCH3 is 3. The van der Waals surface area contributed by atoms with Gasteiger partial charge in [0, 0.05) is 75.4 Å². The lowest BCUT2D eigenvalue weighted by Gasteiger charge is -2.37. The molecule has 7 aliphatic heterocycles. The van der Waals surface area contributed by atoms with Gasteiger partial charge in [-0.25, -0.2) is 19.8 Å². The Balaban J connectivity index is 1.10. The van der Waals surface area contributed by atoms with Gasteiger partial charge in [-0.15, -0.1) is 0 Å². The van der Waals surface area contributed by atoms with Gasteiger partial charge in [0.1, 0.15) is 0 Å². The Morgan fingerprint density at radius 3 is 2.00 bits per heavy atom. The van der Waals surface area contributed by atoms with Gasteiger partial charge in [0.15, 0.2) is 0 Å². The molecule has 0 aromatic carbocycles. The van der Waals surface area contributed by atoms with E-state index in [1.165, 1.54) is 26.2 Å². The van der Waals surface area contributed by atoms with Gasteiger partial charge in [-0.1, -0.05) is 66.0 Å². The lowest BCUT2D eigenvalue weighted by Crippen LogP contribution is -2.55. The molecule has 91 heavy (non-hydrogen) atoms. The Bertz CT molecular complexity index is 4410. The number of carbonyl (C=O) groups is 5. The van der Waals surface area contributed by atoms with Crippen molar-refractivity contribution in [3.8, 4) is 0 Å². The van der Waals surface area contributed by atoms with Gasteiger partial charge in [-0.05, 0) is 190 Å². The van der Waals surface area contributed by atoms with Crippen molar-refractivity contribution in [2.45, 2.75) is 159 Å². The second-order valence-corrected chi connectivity index (χ2v) is 25.0. The number of H-pyrrole nitrogens is 3. The molecule has 4 N–H and O–H groups in total. The third kappa shape index (κ3) is 11.6. The number of likely N-dealkylation sites (tertiary alicyclic amines) is 1. The molecule has 1 fully saturated rings. The van der Waals surface area contributed by atoms with Crippen molar-refractivity contribution in [3.05, 3.63) is 143 Å². The van der Waals surface area contributed by atoms with Crippen LogP contribution >= 0.6 is 0 Å². The Hall–Kier alpha value is -8.99. The van der Waals surface area contributed by atoms with Gasteiger partial charge < -0.3 is 34.5 Å². The second kappa shape index (κ2) is 26.1. The quantitative estimate of drug-likeness (QED) is 0.0317. The maximum Gasteiger partial charge on any atom is 0.340 e. The number of hydrogen-bond donors (Lipinski definition) is 4.